The average molecular weight is 261 g/mol. The Balaban J connectivity index is 2.15. The summed E-state index contributed by atoms with van der Waals surface area (Å²) in [5.74, 6) is 0.488. The van der Waals surface area contributed by atoms with E-state index in [9.17, 15) is 5.11 Å². The van der Waals surface area contributed by atoms with Crippen LogP contribution in [-0.4, -0.2) is 28.6 Å². The fourth-order valence-corrected chi connectivity index (χ4v) is 3.31. The fourth-order valence-electron chi connectivity index (χ4n) is 3.31. The molecule has 0 aromatic heterocycles. The van der Waals surface area contributed by atoms with Gasteiger partial charge in [-0.2, -0.15) is 0 Å². The Labute approximate surface area is 117 Å². The van der Waals surface area contributed by atoms with Crippen LogP contribution in [0.1, 0.15) is 51.2 Å². The molecule has 2 nitrogen and oxygen atoms in total. The monoisotopic (exact) mass is 261 g/mol. The largest absolute Gasteiger partial charge is 0.508 e. The molecule has 1 aliphatic rings. The third-order valence-electron chi connectivity index (χ3n) is 4.54. The molecule has 0 amide bonds. The van der Waals surface area contributed by atoms with E-state index in [-0.39, 0.29) is 0 Å². The van der Waals surface area contributed by atoms with Crippen molar-refractivity contribution in [3.63, 3.8) is 0 Å². The van der Waals surface area contributed by atoms with Crippen molar-refractivity contribution in [3.8, 4) is 5.75 Å². The van der Waals surface area contributed by atoms with E-state index in [1.54, 1.807) is 0 Å². The van der Waals surface area contributed by atoms with Crippen molar-refractivity contribution in [1.82, 2.24) is 4.90 Å². The van der Waals surface area contributed by atoms with Crippen LogP contribution in [0.2, 0.25) is 0 Å². The summed E-state index contributed by atoms with van der Waals surface area (Å²) in [5, 5.41) is 9.93. The summed E-state index contributed by atoms with van der Waals surface area (Å²) < 4.78 is 0. The molecule has 106 valence electrons. The quantitative estimate of drug-likeness (QED) is 0.872. The van der Waals surface area contributed by atoms with Crippen LogP contribution in [0.15, 0.2) is 18.2 Å². The highest BCUT2D eigenvalue weighted by atomic mass is 16.3. The molecule has 1 N–H and O–H groups in total. The van der Waals surface area contributed by atoms with Crippen molar-refractivity contribution in [2.24, 2.45) is 0 Å². The number of aromatic hydroxyl groups is 1. The van der Waals surface area contributed by atoms with E-state index < -0.39 is 0 Å². The molecule has 0 spiro atoms. The van der Waals surface area contributed by atoms with Gasteiger partial charge in [-0.15, -0.1) is 0 Å². The highest BCUT2D eigenvalue weighted by Crippen LogP contribution is 2.31. The number of nitrogens with zero attached hydrogens (tertiary/aromatic N) is 1. The van der Waals surface area contributed by atoms with Crippen molar-refractivity contribution in [1.29, 1.82) is 0 Å². The van der Waals surface area contributed by atoms with Crippen LogP contribution in [0.25, 0.3) is 0 Å². The second kappa shape index (κ2) is 6.42. The summed E-state index contributed by atoms with van der Waals surface area (Å²) in [5.41, 5.74) is 2.53. The first-order chi connectivity index (χ1) is 9.17. The van der Waals surface area contributed by atoms with E-state index in [0.29, 0.717) is 17.8 Å². The maximum absolute atomic E-state index is 9.93. The third-order valence-corrected chi connectivity index (χ3v) is 4.54. The molecular formula is C17H27NO. The molecule has 0 unspecified atom stereocenters. The van der Waals surface area contributed by atoms with Gasteiger partial charge in [-0.3, -0.25) is 4.90 Å². The Morgan fingerprint density at radius 3 is 2.84 bits per heavy atom. The van der Waals surface area contributed by atoms with Gasteiger partial charge in [0.05, 0.1) is 0 Å². The number of rotatable bonds is 5. The van der Waals surface area contributed by atoms with Crippen molar-refractivity contribution < 1.29 is 5.11 Å². The van der Waals surface area contributed by atoms with Crippen LogP contribution in [-0.2, 0) is 12.8 Å². The molecule has 2 rings (SSSR count). The summed E-state index contributed by atoms with van der Waals surface area (Å²) in [6, 6.07) is 7.27. The number of hydrogen-bond donors (Lipinski definition) is 1. The maximum atomic E-state index is 9.93. The lowest BCUT2D eigenvalue weighted by molar-refractivity contribution is 0.127. The topological polar surface area (TPSA) is 23.5 Å². The van der Waals surface area contributed by atoms with E-state index in [4.69, 9.17) is 0 Å². The molecule has 0 heterocycles. The Hall–Kier alpha value is -1.02. The van der Waals surface area contributed by atoms with Crippen LogP contribution in [0.4, 0.5) is 0 Å². The van der Waals surface area contributed by atoms with Crippen molar-refractivity contribution in [2.45, 2.75) is 65.0 Å². The summed E-state index contributed by atoms with van der Waals surface area (Å²) in [6.45, 7) is 8.06. The molecule has 0 saturated heterocycles. The van der Waals surface area contributed by atoms with E-state index in [1.807, 2.05) is 12.1 Å². The first kappa shape index (κ1) is 14.4. The molecule has 2 heteroatoms. The molecular weight excluding hydrogens is 234 g/mol. The zero-order valence-electron chi connectivity index (χ0n) is 12.5. The predicted octanol–water partition coefficient (Wildman–Crippen LogP) is 3.76. The smallest absolute Gasteiger partial charge is 0.119 e. The Morgan fingerprint density at radius 2 is 2.16 bits per heavy atom. The second-order valence-electron chi connectivity index (χ2n) is 5.81. The van der Waals surface area contributed by atoms with Gasteiger partial charge in [-0.25, -0.2) is 0 Å². The highest BCUT2D eigenvalue weighted by Gasteiger charge is 2.27. The SMILES string of the molecule is CCCN([C@H]1CCc2c(O)cccc2C1)[C@@H](C)CC. The van der Waals surface area contributed by atoms with Gasteiger partial charge >= 0.3 is 0 Å². The van der Waals surface area contributed by atoms with Crippen molar-refractivity contribution in [2.75, 3.05) is 6.54 Å². The molecule has 1 aromatic carbocycles. The number of fused-ring (bicyclic) bond motifs is 1. The third kappa shape index (κ3) is 3.11. The first-order valence-corrected chi connectivity index (χ1v) is 7.72. The van der Waals surface area contributed by atoms with Gasteiger partial charge < -0.3 is 5.11 Å². The Kier molecular flexibility index (Phi) is 4.87. The fraction of sp³-hybridized carbons (Fsp3) is 0.647. The van der Waals surface area contributed by atoms with Crippen molar-refractivity contribution in [3.05, 3.63) is 29.3 Å². The Morgan fingerprint density at radius 1 is 1.37 bits per heavy atom. The molecule has 0 radical (unpaired) electrons. The molecule has 0 aliphatic heterocycles. The van der Waals surface area contributed by atoms with Gasteiger partial charge in [0.2, 0.25) is 0 Å². The number of hydrogen-bond acceptors (Lipinski definition) is 2. The minimum Gasteiger partial charge on any atom is -0.508 e. The van der Waals surface area contributed by atoms with Gasteiger partial charge in [-0.1, -0.05) is 26.0 Å². The number of benzene rings is 1. The summed E-state index contributed by atoms with van der Waals surface area (Å²) in [4.78, 5) is 2.67. The number of phenolic OH excluding ortho intramolecular Hbond substituents is 1. The standard InChI is InChI=1S/C17H27NO/c1-4-11-18(13(3)5-2)15-9-10-16-14(12-15)7-6-8-17(16)19/h6-8,13,15,19H,4-5,9-12H2,1-3H3/t13-,15-/m0/s1. The molecule has 0 fully saturated rings. The van der Waals surface area contributed by atoms with E-state index in [1.165, 1.54) is 36.9 Å². The van der Waals surface area contributed by atoms with E-state index >= 15 is 0 Å². The lowest BCUT2D eigenvalue weighted by Crippen LogP contribution is -2.44. The van der Waals surface area contributed by atoms with Gasteiger partial charge in [0.1, 0.15) is 5.75 Å². The van der Waals surface area contributed by atoms with Crippen LogP contribution < -0.4 is 0 Å². The van der Waals surface area contributed by atoms with Crippen LogP contribution in [0, 0.1) is 0 Å². The van der Waals surface area contributed by atoms with Crippen LogP contribution >= 0.6 is 0 Å². The minimum absolute atomic E-state index is 0.488. The lowest BCUT2D eigenvalue weighted by Gasteiger charge is -2.39. The summed E-state index contributed by atoms with van der Waals surface area (Å²) >= 11 is 0. The summed E-state index contributed by atoms with van der Waals surface area (Å²) in [6.07, 6.45) is 5.71. The van der Waals surface area contributed by atoms with Crippen LogP contribution in [0.3, 0.4) is 0 Å². The Bertz CT molecular complexity index is 416. The van der Waals surface area contributed by atoms with Gasteiger partial charge in [-0.05, 0) is 62.8 Å². The van der Waals surface area contributed by atoms with Crippen LogP contribution in [0.5, 0.6) is 5.75 Å². The first-order valence-electron chi connectivity index (χ1n) is 7.72. The zero-order chi connectivity index (χ0) is 13.8. The molecule has 1 aliphatic carbocycles. The van der Waals surface area contributed by atoms with Gasteiger partial charge in [0, 0.05) is 12.1 Å². The molecule has 0 saturated carbocycles. The lowest BCUT2D eigenvalue weighted by atomic mass is 9.86. The normalized spacial score (nSPS) is 20.3. The van der Waals surface area contributed by atoms with E-state index in [2.05, 4.69) is 31.7 Å². The molecule has 1 aromatic rings. The molecule has 19 heavy (non-hydrogen) atoms. The number of phenols is 1. The highest BCUT2D eigenvalue weighted by molar-refractivity contribution is 5.41. The maximum Gasteiger partial charge on any atom is 0.119 e. The molecule has 0 bridgehead atoms. The molecule has 2 atom stereocenters. The zero-order valence-corrected chi connectivity index (χ0v) is 12.5. The van der Waals surface area contributed by atoms with Crippen molar-refractivity contribution >= 4 is 0 Å². The average Bonchev–Trinajstić information content (AvgIpc) is 2.44. The summed E-state index contributed by atoms with van der Waals surface area (Å²) in [7, 11) is 0. The van der Waals surface area contributed by atoms with E-state index in [0.717, 1.165) is 12.8 Å². The second-order valence-corrected chi connectivity index (χ2v) is 5.81. The minimum atomic E-state index is 0.488. The van der Waals surface area contributed by atoms with Gasteiger partial charge in [0.25, 0.3) is 0 Å². The predicted molar refractivity (Wildman–Crippen MR) is 80.7 cm³/mol. The van der Waals surface area contributed by atoms with Gasteiger partial charge in [0.15, 0.2) is 0 Å².